The molecule has 2 aliphatic heterocycles. The average Bonchev–Trinajstić information content (AvgIpc) is 2.59. The molecule has 0 N–H and O–H groups in total. The van der Waals surface area contributed by atoms with Gasteiger partial charge < -0.3 is 9.80 Å². The minimum absolute atomic E-state index is 0.687. The SMILES string of the molecule is CCC1C(C)c2cccc3c2N1CCN3C. The number of para-hydroxylation sites is 1. The molecule has 2 unspecified atom stereocenters. The van der Waals surface area contributed by atoms with E-state index in [9.17, 15) is 0 Å². The normalized spacial score (nSPS) is 27.2. The fourth-order valence-electron chi connectivity index (χ4n) is 3.41. The van der Waals surface area contributed by atoms with Crippen molar-refractivity contribution in [2.24, 2.45) is 0 Å². The van der Waals surface area contributed by atoms with E-state index in [1.807, 2.05) is 0 Å². The Bertz CT molecular complexity index is 413. The van der Waals surface area contributed by atoms with Crippen molar-refractivity contribution in [2.75, 3.05) is 29.9 Å². The minimum Gasteiger partial charge on any atom is -0.371 e. The van der Waals surface area contributed by atoms with Crippen LogP contribution in [0.2, 0.25) is 0 Å². The van der Waals surface area contributed by atoms with Crippen LogP contribution in [0.15, 0.2) is 18.2 Å². The first kappa shape index (κ1) is 10.0. The van der Waals surface area contributed by atoms with E-state index in [1.54, 1.807) is 5.56 Å². The Kier molecular flexibility index (Phi) is 2.13. The van der Waals surface area contributed by atoms with Crippen molar-refractivity contribution < 1.29 is 0 Å². The first-order valence-corrected chi connectivity index (χ1v) is 6.34. The van der Waals surface area contributed by atoms with Crippen molar-refractivity contribution in [1.82, 2.24) is 0 Å². The standard InChI is InChI=1S/C14H20N2/c1-4-12-10(2)11-6-5-7-13-14(11)16(12)9-8-15(13)3/h5-7,10,12H,4,8-9H2,1-3H3. The molecule has 0 spiro atoms. The second-order valence-corrected chi connectivity index (χ2v) is 5.09. The molecule has 16 heavy (non-hydrogen) atoms. The molecule has 2 heterocycles. The molecule has 0 aromatic heterocycles. The Labute approximate surface area is 97.9 Å². The fourth-order valence-corrected chi connectivity index (χ4v) is 3.41. The number of hydrogen-bond acceptors (Lipinski definition) is 2. The number of anilines is 2. The van der Waals surface area contributed by atoms with Crippen molar-refractivity contribution in [3.8, 4) is 0 Å². The van der Waals surface area contributed by atoms with E-state index in [4.69, 9.17) is 0 Å². The third-order valence-electron chi connectivity index (χ3n) is 4.31. The zero-order valence-electron chi connectivity index (χ0n) is 10.4. The van der Waals surface area contributed by atoms with Crippen LogP contribution in [-0.4, -0.2) is 26.2 Å². The molecule has 0 bridgehead atoms. The maximum atomic E-state index is 2.63. The van der Waals surface area contributed by atoms with E-state index in [1.165, 1.54) is 24.3 Å². The molecule has 1 aromatic rings. The molecule has 0 radical (unpaired) electrons. The highest BCUT2D eigenvalue weighted by Gasteiger charge is 2.38. The molecule has 0 aliphatic carbocycles. The summed E-state index contributed by atoms with van der Waals surface area (Å²) in [4.78, 5) is 5.02. The van der Waals surface area contributed by atoms with Crippen LogP contribution < -0.4 is 9.80 Å². The van der Waals surface area contributed by atoms with Crippen LogP contribution in [0.5, 0.6) is 0 Å². The maximum absolute atomic E-state index is 2.63. The number of benzene rings is 1. The van der Waals surface area contributed by atoms with E-state index in [2.05, 4.69) is 48.9 Å². The van der Waals surface area contributed by atoms with Crippen molar-refractivity contribution in [3.63, 3.8) is 0 Å². The van der Waals surface area contributed by atoms with Crippen molar-refractivity contribution >= 4 is 11.4 Å². The zero-order chi connectivity index (χ0) is 11.3. The van der Waals surface area contributed by atoms with Gasteiger partial charge >= 0.3 is 0 Å². The maximum Gasteiger partial charge on any atom is 0.0643 e. The van der Waals surface area contributed by atoms with Gasteiger partial charge in [0.25, 0.3) is 0 Å². The van der Waals surface area contributed by atoms with E-state index < -0.39 is 0 Å². The molecule has 0 amide bonds. The highest BCUT2D eigenvalue weighted by atomic mass is 15.3. The van der Waals surface area contributed by atoms with Crippen LogP contribution in [0.3, 0.4) is 0 Å². The number of likely N-dealkylation sites (N-methyl/N-ethyl adjacent to an activating group) is 1. The second kappa shape index (κ2) is 3.41. The first-order valence-electron chi connectivity index (χ1n) is 6.34. The van der Waals surface area contributed by atoms with Gasteiger partial charge in [-0.3, -0.25) is 0 Å². The van der Waals surface area contributed by atoms with Gasteiger partial charge in [0.1, 0.15) is 0 Å². The van der Waals surface area contributed by atoms with Crippen LogP contribution in [0, 0.1) is 0 Å². The molecule has 2 heteroatoms. The second-order valence-electron chi connectivity index (χ2n) is 5.09. The van der Waals surface area contributed by atoms with Gasteiger partial charge in [0.2, 0.25) is 0 Å². The predicted molar refractivity (Wildman–Crippen MR) is 69.6 cm³/mol. The van der Waals surface area contributed by atoms with Crippen LogP contribution in [0.25, 0.3) is 0 Å². The Balaban J connectivity index is 2.17. The summed E-state index contributed by atoms with van der Waals surface area (Å²) in [7, 11) is 2.21. The van der Waals surface area contributed by atoms with Crippen LogP contribution in [-0.2, 0) is 0 Å². The lowest BCUT2D eigenvalue weighted by atomic mass is 9.95. The van der Waals surface area contributed by atoms with Crippen LogP contribution in [0.4, 0.5) is 11.4 Å². The summed E-state index contributed by atoms with van der Waals surface area (Å²) < 4.78 is 0. The quantitative estimate of drug-likeness (QED) is 0.712. The van der Waals surface area contributed by atoms with Gasteiger partial charge in [-0.15, -0.1) is 0 Å². The molecule has 0 saturated heterocycles. The van der Waals surface area contributed by atoms with Gasteiger partial charge in [-0.2, -0.15) is 0 Å². The van der Waals surface area contributed by atoms with Gasteiger partial charge in [-0.1, -0.05) is 26.0 Å². The third-order valence-corrected chi connectivity index (χ3v) is 4.31. The summed E-state index contributed by atoms with van der Waals surface area (Å²) in [6, 6.07) is 7.49. The van der Waals surface area contributed by atoms with Crippen molar-refractivity contribution in [1.29, 1.82) is 0 Å². The summed E-state index contributed by atoms with van der Waals surface area (Å²) in [5.41, 5.74) is 4.48. The van der Waals surface area contributed by atoms with Gasteiger partial charge in [-0.05, 0) is 18.1 Å². The smallest absolute Gasteiger partial charge is 0.0643 e. The molecule has 2 nitrogen and oxygen atoms in total. The first-order chi connectivity index (χ1) is 7.74. The number of nitrogens with zero attached hydrogens (tertiary/aromatic N) is 2. The lowest BCUT2D eigenvalue weighted by Gasteiger charge is -2.37. The fraction of sp³-hybridized carbons (Fsp3) is 0.571. The number of hydrogen-bond donors (Lipinski definition) is 0. The van der Waals surface area contributed by atoms with E-state index in [-0.39, 0.29) is 0 Å². The molecule has 86 valence electrons. The Morgan fingerprint density at radius 2 is 2.12 bits per heavy atom. The van der Waals surface area contributed by atoms with Gasteiger partial charge in [0.15, 0.2) is 0 Å². The van der Waals surface area contributed by atoms with E-state index in [0.717, 1.165) is 6.54 Å². The molecular weight excluding hydrogens is 196 g/mol. The highest BCUT2D eigenvalue weighted by Crippen LogP contribution is 2.48. The number of rotatable bonds is 1. The van der Waals surface area contributed by atoms with Crippen molar-refractivity contribution in [3.05, 3.63) is 23.8 Å². The summed E-state index contributed by atoms with van der Waals surface area (Å²) in [6.45, 7) is 7.02. The molecule has 0 saturated carbocycles. The Morgan fingerprint density at radius 1 is 1.31 bits per heavy atom. The van der Waals surface area contributed by atoms with E-state index >= 15 is 0 Å². The summed E-state index contributed by atoms with van der Waals surface area (Å²) in [5, 5.41) is 0. The average molecular weight is 216 g/mol. The van der Waals surface area contributed by atoms with Crippen LogP contribution >= 0.6 is 0 Å². The monoisotopic (exact) mass is 216 g/mol. The highest BCUT2D eigenvalue weighted by molar-refractivity contribution is 5.80. The Morgan fingerprint density at radius 3 is 2.88 bits per heavy atom. The summed E-state index contributed by atoms with van der Waals surface area (Å²) in [6.07, 6.45) is 1.25. The third kappa shape index (κ3) is 1.13. The summed E-state index contributed by atoms with van der Waals surface area (Å²) >= 11 is 0. The molecule has 1 aromatic carbocycles. The molecule has 3 rings (SSSR count). The largest absolute Gasteiger partial charge is 0.371 e. The van der Waals surface area contributed by atoms with E-state index in [0.29, 0.717) is 12.0 Å². The van der Waals surface area contributed by atoms with Crippen LogP contribution in [0.1, 0.15) is 31.7 Å². The van der Waals surface area contributed by atoms with Gasteiger partial charge in [-0.25, -0.2) is 0 Å². The summed E-state index contributed by atoms with van der Waals surface area (Å²) in [5.74, 6) is 0.687. The molecule has 2 aliphatic rings. The molecule has 2 atom stereocenters. The lowest BCUT2D eigenvalue weighted by molar-refractivity contribution is 0.532. The van der Waals surface area contributed by atoms with Crippen molar-refractivity contribution in [2.45, 2.75) is 32.2 Å². The Hall–Kier alpha value is -1.18. The predicted octanol–water partition coefficient (Wildman–Crippen LogP) is 2.84. The zero-order valence-corrected chi connectivity index (χ0v) is 10.4. The minimum atomic E-state index is 0.687. The molecular formula is C14H20N2. The van der Waals surface area contributed by atoms with Gasteiger partial charge in [0, 0.05) is 32.1 Å². The van der Waals surface area contributed by atoms with Gasteiger partial charge in [0.05, 0.1) is 11.4 Å². The lowest BCUT2D eigenvalue weighted by Crippen LogP contribution is -2.42. The topological polar surface area (TPSA) is 6.48 Å². The molecule has 0 fully saturated rings.